The number of rotatable bonds is 8. The number of hydrogen-bond acceptors (Lipinski definition) is 7. The van der Waals surface area contributed by atoms with E-state index in [2.05, 4.69) is 53.4 Å². The topological polar surface area (TPSA) is 124 Å². The lowest BCUT2D eigenvalue weighted by molar-refractivity contribution is -0.235. The van der Waals surface area contributed by atoms with Crippen molar-refractivity contribution in [1.29, 1.82) is 0 Å². The Hall–Kier alpha value is -1.77. The van der Waals surface area contributed by atoms with Crippen LogP contribution in [0, 0.1) is 56.2 Å². The van der Waals surface area contributed by atoms with E-state index in [9.17, 15) is 29.7 Å². The summed E-state index contributed by atoms with van der Waals surface area (Å²) in [5.74, 6) is 0.0590. The Morgan fingerprint density at radius 2 is 1.64 bits per heavy atom. The fourth-order valence-electron chi connectivity index (χ4n) is 13.5. The van der Waals surface area contributed by atoms with Crippen LogP contribution in [0.2, 0.25) is 0 Å². The van der Waals surface area contributed by atoms with Gasteiger partial charge < -0.3 is 20.1 Å². The van der Waals surface area contributed by atoms with Crippen LogP contribution in [0.4, 0.5) is 0 Å². The van der Waals surface area contributed by atoms with Gasteiger partial charge in [-0.3, -0.25) is 19.3 Å². The molecule has 0 radical (unpaired) electrons. The van der Waals surface area contributed by atoms with E-state index in [-0.39, 0.29) is 57.9 Å². The van der Waals surface area contributed by atoms with Crippen molar-refractivity contribution in [3.8, 4) is 0 Å². The minimum atomic E-state index is -1.16. The fraction of sp³-hybridized carbons (Fsp3) is 0.881. The number of carbonyl (C=O) groups excluding carboxylic acids is 2. The van der Waals surface area contributed by atoms with Gasteiger partial charge in [0.05, 0.1) is 24.0 Å². The molecule has 1 heterocycles. The second-order valence-electron chi connectivity index (χ2n) is 20.1. The van der Waals surface area contributed by atoms with E-state index >= 15 is 0 Å². The maximum Gasteiger partial charge on any atom is 0.309 e. The average Bonchev–Trinajstić information content (AvgIpc) is 3.32. The number of esters is 1. The highest BCUT2D eigenvalue weighted by atomic mass is 16.5. The number of Topliss-reactive ketones (excluding diaryl/α,β-unsaturated/α-hetero) is 1. The molecule has 0 bridgehead atoms. The average molecular weight is 698 g/mol. The Balaban J connectivity index is 1.29. The summed E-state index contributed by atoms with van der Waals surface area (Å²) >= 11 is 0. The lowest BCUT2D eigenvalue weighted by atomic mass is 9.33. The first-order valence-electron chi connectivity index (χ1n) is 19.9. The first kappa shape index (κ1) is 38.0. The van der Waals surface area contributed by atoms with Crippen LogP contribution in [0.1, 0.15) is 139 Å². The fourth-order valence-corrected chi connectivity index (χ4v) is 13.5. The standard InChI is InChI=1S/C42H67NO7/c1-25(2)34-28(45)21-42(31(46)24-43-20-10-11-26(44)23-43)19-18-40(8)27(35(34)42)12-13-30-39(7)16-15-32(50-33(47)22-37(3,4)36(48)49)38(5,6)29(39)14-17-41(30,40)9/h25-27,29-32,44,46H,10-24H2,1-9H3,(H,48,49)/t26-,27-,29?,30?,31-,32+,39+,40-,41-,42+/m1/s1. The minimum Gasteiger partial charge on any atom is -0.481 e. The molecular weight excluding hydrogens is 630 g/mol. The molecule has 8 heteroatoms. The van der Waals surface area contributed by atoms with E-state index in [0.29, 0.717) is 31.3 Å². The molecule has 6 aliphatic rings. The Morgan fingerprint density at radius 1 is 0.940 bits per heavy atom. The molecule has 6 rings (SSSR count). The van der Waals surface area contributed by atoms with Crippen LogP contribution in [0.25, 0.3) is 0 Å². The zero-order valence-corrected chi connectivity index (χ0v) is 32.6. The first-order valence-corrected chi connectivity index (χ1v) is 19.9. The summed E-state index contributed by atoms with van der Waals surface area (Å²) in [6.45, 7) is 21.6. The highest BCUT2D eigenvalue weighted by Gasteiger charge is 2.71. The third-order valence-corrected chi connectivity index (χ3v) is 16.4. The summed E-state index contributed by atoms with van der Waals surface area (Å²) in [5.41, 5.74) is 0.478. The van der Waals surface area contributed by atoms with Crippen molar-refractivity contribution in [2.45, 2.75) is 158 Å². The quantitative estimate of drug-likeness (QED) is 0.228. The molecular formula is C42H67NO7. The van der Waals surface area contributed by atoms with Crippen molar-refractivity contribution >= 4 is 17.7 Å². The number of β-amino-alcohol motifs (C(OH)–C–C–N with tert-alkyl or cyclic N) is 2. The van der Waals surface area contributed by atoms with Crippen LogP contribution in [0.5, 0.6) is 0 Å². The van der Waals surface area contributed by atoms with E-state index < -0.39 is 28.9 Å². The van der Waals surface area contributed by atoms with Gasteiger partial charge in [-0.05, 0) is 130 Å². The Morgan fingerprint density at radius 3 is 2.28 bits per heavy atom. The van der Waals surface area contributed by atoms with Crippen molar-refractivity contribution in [1.82, 2.24) is 4.90 Å². The predicted octanol–water partition coefficient (Wildman–Crippen LogP) is 7.20. The summed E-state index contributed by atoms with van der Waals surface area (Å²) in [7, 11) is 0. The van der Waals surface area contributed by atoms with E-state index in [1.807, 2.05) is 0 Å². The first-order chi connectivity index (χ1) is 23.1. The third kappa shape index (κ3) is 5.66. The van der Waals surface area contributed by atoms with Gasteiger partial charge in [-0.2, -0.15) is 0 Å². The molecule has 5 aliphatic carbocycles. The van der Waals surface area contributed by atoms with E-state index in [1.54, 1.807) is 13.8 Å². The smallest absolute Gasteiger partial charge is 0.309 e. The van der Waals surface area contributed by atoms with Gasteiger partial charge in [0.15, 0.2) is 5.78 Å². The van der Waals surface area contributed by atoms with Gasteiger partial charge in [-0.15, -0.1) is 0 Å². The van der Waals surface area contributed by atoms with Gasteiger partial charge in [0.2, 0.25) is 0 Å². The van der Waals surface area contributed by atoms with Crippen molar-refractivity contribution in [2.24, 2.45) is 56.2 Å². The summed E-state index contributed by atoms with van der Waals surface area (Å²) in [6.07, 6.45) is 8.63. The number of ketones is 1. The molecule has 0 spiro atoms. The minimum absolute atomic E-state index is 0.00952. The lowest BCUT2D eigenvalue weighted by Gasteiger charge is -2.72. The summed E-state index contributed by atoms with van der Waals surface area (Å²) in [5, 5.41) is 32.2. The number of allylic oxidation sites excluding steroid dienone is 1. The van der Waals surface area contributed by atoms with Crippen LogP contribution < -0.4 is 0 Å². The van der Waals surface area contributed by atoms with Gasteiger partial charge in [-0.1, -0.05) is 54.0 Å². The molecule has 50 heavy (non-hydrogen) atoms. The normalized spacial score (nSPS) is 42.3. The summed E-state index contributed by atoms with van der Waals surface area (Å²) < 4.78 is 6.16. The molecule has 4 saturated carbocycles. The summed E-state index contributed by atoms with van der Waals surface area (Å²) in [4.78, 5) is 41.0. The van der Waals surface area contributed by atoms with E-state index in [0.717, 1.165) is 76.3 Å². The molecule has 3 N–H and O–H groups in total. The lowest BCUT2D eigenvalue weighted by Crippen LogP contribution is -2.66. The van der Waals surface area contributed by atoms with Gasteiger partial charge in [0, 0.05) is 30.3 Å². The summed E-state index contributed by atoms with van der Waals surface area (Å²) in [6, 6.07) is 0. The van der Waals surface area contributed by atoms with E-state index in [1.165, 1.54) is 5.57 Å². The van der Waals surface area contributed by atoms with Gasteiger partial charge in [0.1, 0.15) is 6.10 Å². The molecule has 0 aromatic heterocycles. The number of nitrogens with zero attached hydrogens (tertiary/aromatic N) is 1. The number of fused-ring (bicyclic) bond motifs is 7. The highest BCUT2D eigenvalue weighted by Crippen LogP contribution is 2.77. The number of carboxylic acid groups (broad SMARTS) is 1. The SMILES string of the molecule is CC(C)C1=C2[C@H]3CCC4[C@@]5(C)CC[C@H](OC(=O)CC(C)(C)C(=O)O)C(C)(C)C5CC[C@@]4(C)[C@]3(C)CC[C@@]2([C@H](O)CN2CCC[C@@H](O)C2)CC1=O. The van der Waals surface area contributed by atoms with Crippen molar-refractivity contribution in [3.05, 3.63) is 11.1 Å². The Bertz CT molecular complexity index is 1420. The van der Waals surface area contributed by atoms with Crippen LogP contribution >= 0.6 is 0 Å². The van der Waals surface area contributed by atoms with Crippen LogP contribution in [0.15, 0.2) is 11.1 Å². The number of piperidine rings is 1. The number of aliphatic hydroxyl groups excluding tert-OH is 2. The molecule has 1 saturated heterocycles. The maximum atomic E-state index is 14.0. The van der Waals surface area contributed by atoms with Crippen LogP contribution in [0.3, 0.4) is 0 Å². The monoisotopic (exact) mass is 697 g/mol. The van der Waals surface area contributed by atoms with Crippen molar-refractivity contribution < 1.29 is 34.4 Å². The van der Waals surface area contributed by atoms with Crippen LogP contribution in [-0.2, 0) is 19.1 Å². The molecule has 10 atom stereocenters. The molecule has 8 nitrogen and oxygen atoms in total. The van der Waals surface area contributed by atoms with E-state index in [4.69, 9.17) is 4.74 Å². The molecule has 1 aliphatic heterocycles. The largest absolute Gasteiger partial charge is 0.481 e. The third-order valence-electron chi connectivity index (χ3n) is 16.4. The zero-order valence-electron chi connectivity index (χ0n) is 32.6. The van der Waals surface area contributed by atoms with Gasteiger partial charge in [-0.25, -0.2) is 0 Å². The zero-order chi connectivity index (χ0) is 36.8. The number of aliphatic carboxylic acids is 1. The molecule has 282 valence electrons. The van der Waals surface area contributed by atoms with Gasteiger partial charge in [0.25, 0.3) is 0 Å². The highest BCUT2D eigenvalue weighted by molar-refractivity contribution is 6.00. The molecule has 5 fully saturated rings. The molecule has 0 aromatic carbocycles. The van der Waals surface area contributed by atoms with Gasteiger partial charge >= 0.3 is 11.9 Å². The number of carbonyl (C=O) groups is 3. The second-order valence-corrected chi connectivity index (χ2v) is 20.1. The number of hydrogen-bond donors (Lipinski definition) is 3. The number of ether oxygens (including phenoxy) is 1. The van der Waals surface area contributed by atoms with Crippen molar-refractivity contribution in [2.75, 3.05) is 19.6 Å². The predicted molar refractivity (Wildman–Crippen MR) is 193 cm³/mol. The molecule has 2 unspecified atom stereocenters. The Labute approximate surface area is 301 Å². The maximum absolute atomic E-state index is 14.0. The second kappa shape index (κ2) is 12.7. The van der Waals surface area contributed by atoms with Crippen LogP contribution in [-0.4, -0.2) is 75.9 Å². The van der Waals surface area contributed by atoms with Crippen molar-refractivity contribution in [3.63, 3.8) is 0 Å². The Kier molecular flexibility index (Phi) is 9.63. The molecule has 0 amide bonds. The number of aliphatic hydroxyl groups is 2. The number of carboxylic acids is 1. The number of likely N-dealkylation sites (tertiary alicyclic amines) is 1. The molecule has 0 aromatic rings.